The van der Waals surface area contributed by atoms with Gasteiger partial charge in [-0.25, -0.2) is 9.37 Å². The summed E-state index contributed by atoms with van der Waals surface area (Å²) in [5, 5.41) is 0.988. The van der Waals surface area contributed by atoms with Gasteiger partial charge >= 0.3 is 0 Å². The third-order valence-corrected chi connectivity index (χ3v) is 3.63. The van der Waals surface area contributed by atoms with Crippen molar-refractivity contribution < 1.29 is 9.18 Å². The molecule has 0 aliphatic rings. The zero-order valence-corrected chi connectivity index (χ0v) is 12.6. The molecule has 3 aromatic rings. The molecule has 0 atom stereocenters. The summed E-state index contributed by atoms with van der Waals surface area (Å²) in [6, 6.07) is 15.7. The van der Waals surface area contributed by atoms with Gasteiger partial charge in [-0.1, -0.05) is 40.2 Å². The molecule has 0 radical (unpaired) electrons. The maximum atomic E-state index is 13.3. The molecule has 0 saturated carbocycles. The Morgan fingerprint density at radius 3 is 2.71 bits per heavy atom. The van der Waals surface area contributed by atoms with Gasteiger partial charge in [0.2, 0.25) is 0 Å². The molecule has 0 N–H and O–H groups in total. The Morgan fingerprint density at radius 1 is 1.10 bits per heavy atom. The highest BCUT2D eigenvalue weighted by molar-refractivity contribution is 9.10. The number of ketones is 1. The number of para-hydroxylation sites is 1. The van der Waals surface area contributed by atoms with Gasteiger partial charge in [-0.05, 0) is 35.9 Å². The predicted octanol–water partition coefficient (Wildman–Crippen LogP) is 4.56. The van der Waals surface area contributed by atoms with Crippen LogP contribution < -0.4 is 0 Å². The van der Waals surface area contributed by atoms with E-state index >= 15 is 0 Å². The number of benzene rings is 2. The summed E-state index contributed by atoms with van der Waals surface area (Å²) in [5.41, 5.74) is 1.81. The molecular weight excluding hydrogens is 333 g/mol. The Balaban J connectivity index is 1.89. The average Bonchev–Trinajstić information content (AvgIpc) is 2.45. The van der Waals surface area contributed by atoms with E-state index in [4.69, 9.17) is 0 Å². The van der Waals surface area contributed by atoms with Gasteiger partial charge in [0.05, 0.1) is 5.52 Å². The molecule has 0 fully saturated rings. The molecule has 4 heteroatoms. The number of carbonyl (C=O) groups excluding carboxylic acids is 1. The van der Waals surface area contributed by atoms with E-state index in [1.807, 2.05) is 30.3 Å². The van der Waals surface area contributed by atoms with Crippen LogP contribution in [0.25, 0.3) is 10.9 Å². The second-order valence-electron chi connectivity index (χ2n) is 4.77. The second kappa shape index (κ2) is 5.74. The summed E-state index contributed by atoms with van der Waals surface area (Å²) in [6.45, 7) is 0. The number of hydrogen-bond acceptors (Lipinski definition) is 2. The summed E-state index contributed by atoms with van der Waals surface area (Å²) < 4.78 is 14.0. The smallest absolute Gasteiger partial charge is 0.185 e. The standard InChI is InChI=1S/C17H11BrFNO/c18-13-7-11(8-14(19)10-13)9-17(21)16-6-5-12-3-1-2-4-15(12)20-16/h1-8,10H,9H2. The number of Topliss-reactive ketones (excluding diaryl/α,β-unsaturated/α-hetero) is 1. The van der Waals surface area contributed by atoms with Gasteiger partial charge in [0.25, 0.3) is 0 Å². The fraction of sp³-hybridized carbons (Fsp3) is 0.0588. The van der Waals surface area contributed by atoms with Gasteiger partial charge in [-0.15, -0.1) is 0 Å². The van der Waals surface area contributed by atoms with Crippen molar-refractivity contribution in [1.29, 1.82) is 0 Å². The third kappa shape index (κ3) is 3.16. The van der Waals surface area contributed by atoms with Crippen LogP contribution in [-0.4, -0.2) is 10.8 Å². The lowest BCUT2D eigenvalue weighted by molar-refractivity contribution is 0.0988. The van der Waals surface area contributed by atoms with Crippen molar-refractivity contribution in [3.05, 3.63) is 76.1 Å². The molecule has 104 valence electrons. The molecule has 2 nitrogen and oxygen atoms in total. The predicted molar refractivity (Wildman–Crippen MR) is 83.9 cm³/mol. The lowest BCUT2D eigenvalue weighted by atomic mass is 10.1. The zero-order valence-electron chi connectivity index (χ0n) is 11.0. The molecule has 0 aliphatic carbocycles. The van der Waals surface area contributed by atoms with Gasteiger partial charge in [0.1, 0.15) is 11.5 Å². The van der Waals surface area contributed by atoms with Gasteiger partial charge in [0, 0.05) is 16.3 Å². The molecule has 0 unspecified atom stereocenters. The average molecular weight is 344 g/mol. The van der Waals surface area contributed by atoms with E-state index in [9.17, 15) is 9.18 Å². The molecule has 0 amide bonds. The van der Waals surface area contributed by atoms with Gasteiger partial charge in [0.15, 0.2) is 5.78 Å². The molecule has 1 aromatic heterocycles. The van der Waals surface area contributed by atoms with Crippen LogP contribution in [0.3, 0.4) is 0 Å². The van der Waals surface area contributed by atoms with Crippen LogP contribution in [0, 0.1) is 5.82 Å². The first kappa shape index (κ1) is 13.9. The topological polar surface area (TPSA) is 30.0 Å². The molecule has 21 heavy (non-hydrogen) atoms. The Kier molecular flexibility index (Phi) is 3.80. The van der Waals surface area contributed by atoms with Gasteiger partial charge in [-0.2, -0.15) is 0 Å². The van der Waals surface area contributed by atoms with Crippen molar-refractivity contribution in [2.45, 2.75) is 6.42 Å². The molecule has 2 aromatic carbocycles. The summed E-state index contributed by atoms with van der Waals surface area (Å²) in [4.78, 5) is 16.6. The quantitative estimate of drug-likeness (QED) is 0.652. The van der Waals surface area contributed by atoms with Crippen LogP contribution in [0.5, 0.6) is 0 Å². The van der Waals surface area contributed by atoms with Crippen LogP contribution in [-0.2, 0) is 6.42 Å². The number of rotatable bonds is 3. The van der Waals surface area contributed by atoms with Crippen molar-refractivity contribution in [3.63, 3.8) is 0 Å². The van der Waals surface area contributed by atoms with Crippen molar-refractivity contribution >= 4 is 32.6 Å². The maximum Gasteiger partial charge on any atom is 0.185 e. The van der Waals surface area contributed by atoms with Crippen LogP contribution in [0.2, 0.25) is 0 Å². The number of aromatic nitrogens is 1. The molecule has 3 rings (SSSR count). The number of nitrogens with zero attached hydrogens (tertiary/aromatic N) is 1. The van der Waals surface area contributed by atoms with E-state index < -0.39 is 0 Å². The Bertz CT molecular complexity index is 812. The van der Waals surface area contributed by atoms with Crippen LogP contribution in [0.1, 0.15) is 16.1 Å². The highest BCUT2D eigenvalue weighted by Gasteiger charge is 2.10. The lowest BCUT2D eigenvalue weighted by Crippen LogP contribution is -2.06. The van der Waals surface area contributed by atoms with E-state index in [2.05, 4.69) is 20.9 Å². The Hall–Kier alpha value is -2.07. The summed E-state index contributed by atoms with van der Waals surface area (Å²) in [5.74, 6) is -0.489. The number of fused-ring (bicyclic) bond motifs is 1. The summed E-state index contributed by atoms with van der Waals surface area (Å²) in [7, 11) is 0. The minimum absolute atomic E-state index is 0.127. The first-order valence-corrected chi connectivity index (χ1v) is 7.25. The minimum Gasteiger partial charge on any atom is -0.292 e. The molecule has 0 aliphatic heterocycles. The molecule has 0 spiro atoms. The first-order chi connectivity index (χ1) is 10.1. The van der Waals surface area contributed by atoms with Crippen LogP contribution in [0.15, 0.2) is 59.1 Å². The highest BCUT2D eigenvalue weighted by Crippen LogP contribution is 2.17. The first-order valence-electron chi connectivity index (χ1n) is 6.46. The monoisotopic (exact) mass is 343 g/mol. The molecule has 1 heterocycles. The van der Waals surface area contributed by atoms with Crippen molar-refractivity contribution in [2.75, 3.05) is 0 Å². The van der Waals surface area contributed by atoms with E-state index in [1.165, 1.54) is 12.1 Å². The van der Waals surface area contributed by atoms with Crippen LogP contribution >= 0.6 is 15.9 Å². The minimum atomic E-state index is -0.362. The number of hydrogen-bond donors (Lipinski definition) is 0. The molecule has 0 saturated heterocycles. The van der Waals surface area contributed by atoms with E-state index in [0.717, 1.165) is 10.9 Å². The normalized spacial score (nSPS) is 10.8. The summed E-state index contributed by atoms with van der Waals surface area (Å²) in [6.07, 6.45) is 0.127. The third-order valence-electron chi connectivity index (χ3n) is 3.17. The molecular formula is C17H11BrFNO. The largest absolute Gasteiger partial charge is 0.292 e. The SMILES string of the molecule is O=C(Cc1cc(F)cc(Br)c1)c1ccc2ccccc2n1. The number of pyridine rings is 1. The van der Waals surface area contributed by atoms with Gasteiger partial charge in [-0.3, -0.25) is 4.79 Å². The fourth-order valence-electron chi connectivity index (χ4n) is 2.21. The lowest BCUT2D eigenvalue weighted by Gasteiger charge is -2.04. The summed E-state index contributed by atoms with van der Waals surface area (Å²) >= 11 is 3.22. The Morgan fingerprint density at radius 2 is 1.90 bits per heavy atom. The van der Waals surface area contributed by atoms with E-state index in [-0.39, 0.29) is 18.0 Å². The number of carbonyl (C=O) groups is 1. The fourth-order valence-corrected chi connectivity index (χ4v) is 2.72. The zero-order chi connectivity index (χ0) is 14.8. The maximum absolute atomic E-state index is 13.3. The van der Waals surface area contributed by atoms with Gasteiger partial charge < -0.3 is 0 Å². The van der Waals surface area contributed by atoms with Crippen LogP contribution in [0.4, 0.5) is 4.39 Å². The van der Waals surface area contributed by atoms with Crippen molar-refractivity contribution in [1.82, 2.24) is 4.98 Å². The van der Waals surface area contributed by atoms with E-state index in [1.54, 1.807) is 12.1 Å². The Labute approximate surface area is 129 Å². The van der Waals surface area contributed by atoms with E-state index in [0.29, 0.717) is 15.7 Å². The van der Waals surface area contributed by atoms with Crippen molar-refractivity contribution in [2.24, 2.45) is 0 Å². The highest BCUT2D eigenvalue weighted by atomic mass is 79.9. The second-order valence-corrected chi connectivity index (χ2v) is 5.68. The molecule has 0 bridgehead atoms. The number of halogens is 2. The van der Waals surface area contributed by atoms with Crippen molar-refractivity contribution in [3.8, 4) is 0 Å².